The number of nitrogens with zero attached hydrogens (tertiary/aromatic N) is 1. The second-order valence-corrected chi connectivity index (χ2v) is 5.41. The average molecular weight is 246 g/mol. The minimum atomic E-state index is 0.501. The van der Waals surface area contributed by atoms with E-state index in [0.717, 1.165) is 19.0 Å². The molecule has 1 fully saturated rings. The summed E-state index contributed by atoms with van der Waals surface area (Å²) in [6, 6.07) is 12.0. The minimum Gasteiger partial charge on any atom is -0.308 e. The van der Waals surface area contributed by atoms with E-state index in [1.165, 1.54) is 31.4 Å². The minimum absolute atomic E-state index is 0.501. The molecule has 0 amide bonds. The van der Waals surface area contributed by atoms with Crippen molar-refractivity contribution >= 4 is 0 Å². The van der Waals surface area contributed by atoms with E-state index >= 15 is 0 Å². The maximum absolute atomic E-state index is 3.74. The average Bonchev–Trinajstić information content (AvgIpc) is 2.42. The van der Waals surface area contributed by atoms with Crippen molar-refractivity contribution in [3.8, 4) is 0 Å². The molecule has 1 aliphatic heterocycles. The molecule has 0 aromatic heterocycles. The van der Waals surface area contributed by atoms with Crippen molar-refractivity contribution < 1.29 is 0 Å². The summed E-state index contributed by atoms with van der Waals surface area (Å²) in [5, 5.41) is 3.74. The first-order chi connectivity index (χ1) is 8.81. The third-order valence-corrected chi connectivity index (χ3v) is 4.13. The van der Waals surface area contributed by atoms with Gasteiger partial charge in [0, 0.05) is 18.6 Å². The van der Waals surface area contributed by atoms with Gasteiger partial charge in [0.1, 0.15) is 0 Å². The summed E-state index contributed by atoms with van der Waals surface area (Å²) in [6.07, 6.45) is 5.25. The van der Waals surface area contributed by atoms with Crippen LogP contribution in [0.15, 0.2) is 30.3 Å². The number of nitrogens with one attached hydrogen (secondary N) is 1. The first kappa shape index (κ1) is 13.6. The van der Waals surface area contributed by atoms with Crippen LogP contribution < -0.4 is 5.32 Å². The zero-order chi connectivity index (χ0) is 12.8. The lowest BCUT2D eigenvalue weighted by Gasteiger charge is -2.33. The van der Waals surface area contributed by atoms with Gasteiger partial charge in [-0.3, -0.25) is 0 Å². The summed E-state index contributed by atoms with van der Waals surface area (Å²) in [7, 11) is 2.26. The van der Waals surface area contributed by atoms with Crippen LogP contribution in [0.1, 0.15) is 44.2 Å². The van der Waals surface area contributed by atoms with E-state index < -0.39 is 0 Å². The highest BCUT2D eigenvalue weighted by Gasteiger charge is 2.19. The number of hydrogen-bond acceptors (Lipinski definition) is 2. The first-order valence-corrected chi connectivity index (χ1v) is 7.30. The quantitative estimate of drug-likeness (QED) is 0.858. The van der Waals surface area contributed by atoms with Crippen LogP contribution in [0.25, 0.3) is 0 Å². The topological polar surface area (TPSA) is 15.3 Å². The fraction of sp³-hybridized carbons (Fsp3) is 0.625. The van der Waals surface area contributed by atoms with Crippen molar-refractivity contribution in [2.45, 2.75) is 44.7 Å². The molecule has 2 heteroatoms. The Labute approximate surface area is 111 Å². The van der Waals surface area contributed by atoms with Gasteiger partial charge in [0.05, 0.1) is 0 Å². The van der Waals surface area contributed by atoms with Crippen LogP contribution in [0.3, 0.4) is 0 Å². The molecule has 1 saturated heterocycles. The van der Waals surface area contributed by atoms with Crippen molar-refractivity contribution in [1.82, 2.24) is 10.2 Å². The van der Waals surface area contributed by atoms with Crippen molar-refractivity contribution in [3.63, 3.8) is 0 Å². The number of piperidine rings is 1. The van der Waals surface area contributed by atoms with Gasteiger partial charge in [-0.1, -0.05) is 43.7 Å². The summed E-state index contributed by atoms with van der Waals surface area (Å²) in [4.78, 5) is 2.51. The SMILES string of the molecule is CCC(NCC1CCCCN1C)c1ccccc1. The fourth-order valence-electron chi connectivity index (χ4n) is 2.86. The highest BCUT2D eigenvalue weighted by atomic mass is 15.2. The van der Waals surface area contributed by atoms with Crippen LogP contribution in [-0.4, -0.2) is 31.1 Å². The van der Waals surface area contributed by atoms with Gasteiger partial charge in [0.25, 0.3) is 0 Å². The zero-order valence-corrected chi connectivity index (χ0v) is 11.7. The predicted octanol–water partition coefficient (Wildman–Crippen LogP) is 3.21. The van der Waals surface area contributed by atoms with Gasteiger partial charge in [-0.25, -0.2) is 0 Å². The maximum atomic E-state index is 3.74. The Hall–Kier alpha value is -0.860. The lowest BCUT2D eigenvalue weighted by atomic mass is 10.0. The molecule has 2 nitrogen and oxygen atoms in total. The molecule has 0 saturated carbocycles. The van der Waals surface area contributed by atoms with Gasteiger partial charge in [0.2, 0.25) is 0 Å². The van der Waals surface area contributed by atoms with E-state index in [9.17, 15) is 0 Å². The molecule has 0 radical (unpaired) electrons. The normalized spacial score (nSPS) is 22.9. The molecule has 1 aromatic carbocycles. The van der Waals surface area contributed by atoms with Crippen molar-refractivity contribution in [2.75, 3.05) is 20.1 Å². The molecule has 1 aromatic rings. The van der Waals surface area contributed by atoms with Crippen LogP contribution in [0.5, 0.6) is 0 Å². The molecular formula is C16H26N2. The van der Waals surface area contributed by atoms with Crippen LogP contribution >= 0.6 is 0 Å². The Morgan fingerprint density at radius 3 is 2.72 bits per heavy atom. The molecule has 0 aliphatic carbocycles. The highest BCUT2D eigenvalue weighted by Crippen LogP contribution is 2.18. The lowest BCUT2D eigenvalue weighted by molar-refractivity contribution is 0.177. The van der Waals surface area contributed by atoms with E-state index in [1.54, 1.807) is 0 Å². The van der Waals surface area contributed by atoms with Crippen LogP contribution in [-0.2, 0) is 0 Å². The molecule has 0 spiro atoms. The Bertz CT molecular complexity index is 336. The third-order valence-electron chi connectivity index (χ3n) is 4.13. The second kappa shape index (κ2) is 6.91. The molecule has 1 N–H and O–H groups in total. The van der Waals surface area contributed by atoms with Crippen molar-refractivity contribution in [2.24, 2.45) is 0 Å². The smallest absolute Gasteiger partial charge is 0.0318 e. The summed E-state index contributed by atoms with van der Waals surface area (Å²) >= 11 is 0. The van der Waals surface area contributed by atoms with Crippen molar-refractivity contribution in [1.29, 1.82) is 0 Å². The molecule has 0 bridgehead atoms. The van der Waals surface area contributed by atoms with Gasteiger partial charge < -0.3 is 10.2 Å². The summed E-state index contributed by atoms with van der Waals surface area (Å²) in [5.41, 5.74) is 1.42. The summed E-state index contributed by atoms with van der Waals surface area (Å²) in [6.45, 7) is 4.63. The number of benzene rings is 1. The Balaban J connectivity index is 1.87. The number of likely N-dealkylation sites (tertiary alicyclic amines) is 1. The van der Waals surface area contributed by atoms with E-state index in [1.807, 2.05) is 0 Å². The van der Waals surface area contributed by atoms with E-state index in [2.05, 4.69) is 54.5 Å². The summed E-state index contributed by atoms with van der Waals surface area (Å²) < 4.78 is 0. The van der Waals surface area contributed by atoms with E-state index in [4.69, 9.17) is 0 Å². The monoisotopic (exact) mass is 246 g/mol. The van der Waals surface area contributed by atoms with Gasteiger partial charge in [0.15, 0.2) is 0 Å². The zero-order valence-electron chi connectivity index (χ0n) is 11.7. The molecular weight excluding hydrogens is 220 g/mol. The molecule has 1 heterocycles. The molecule has 2 rings (SSSR count). The molecule has 1 aliphatic rings. The molecule has 100 valence electrons. The van der Waals surface area contributed by atoms with Crippen molar-refractivity contribution in [3.05, 3.63) is 35.9 Å². The largest absolute Gasteiger partial charge is 0.308 e. The first-order valence-electron chi connectivity index (χ1n) is 7.30. The highest BCUT2D eigenvalue weighted by molar-refractivity contribution is 5.18. The Kier molecular flexibility index (Phi) is 5.21. The van der Waals surface area contributed by atoms with E-state index in [-0.39, 0.29) is 0 Å². The third kappa shape index (κ3) is 3.56. The van der Waals surface area contributed by atoms with Gasteiger partial charge in [-0.15, -0.1) is 0 Å². The summed E-state index contributed by atoms with van der Waals surface area (Å²) in [5.74, 6) is 0. The molecule has 18 heavy (non-hydrogen) atoms. The van der Waals surface area contributed by atoms with Crippen LogP contribution in [0, 0.1) is 0 Å². The lowest BCUT2D eigenvalue weighted by Crippen LogP contribution is -2.43. The molecule has 2 unspecified atom stereocenters. The predicted molar refractivity (Wildman–Crippen MR) is 77.7 cm³/mol. The number of rotatable bonds is 5. The van der Waals surface area contributed by atoms with E-state index in [0.29, 0.717) is 6.04 Å². The standard InChI is InChI=1S/C16H26N2/c1-3-16(14-9-5-4-6-10-14)17-13-15-11-7-8-12-18(15)2/h4-6,9-10,15-17H,3,7-8,11-13H2,1-2H3. The van der Waals surface area contributed by atoms with Gasteiger partial charge >= 0.3 is 0 Å². The van der Waals surface area contributed by atoms with Crippen LogP contribution in [0.2, 0.25) is 0 Å². The maximum Gasteiger partial charge on any atom is 0.0318 e. The van der Waals surface area contributed by atoms with Crippen LogP contribution in [0.4, 0.5) is 0 Å². The van der Waals surface area contributed by atoms with Gasteiger partial charge in [-0.05, 0) is 38.4 Å². The number of hydrogen-bond donors (Lipinski definition) is 1. The fourth-order valence-corrected chi connectivity index (χ4v) is 2.86. The molecule has 2 atom stereocenters. The van der Waals surface area contributed by atoms with Gasteiger partial charge in [-0.2, -0.15) is 0 Å². The number of likely N-dealkylation sites (N-methyl/N-ethyl adjacent to an activating group) is 1. The Morgan fingerprint density at radius 1 is 1.28 bits per heavy atom. The second-order valence-electron chi connectivity index (χ2n) is 5.41. The Morgan fingerprint density at radius 2 is 2.06 bits per heavy atom.